The highest BCUT2D eigenvalue weighted by Crippen LogP contribution is 2.09. The van der Waals surface area contributed by atoms with Gasteiger partial charge < -0.3 is 5.32 Å². The minimum atomic E-state index is 1.10. The fraction of sp³-hybridized carbons (Fsp3) is 0.818. The molecule has 0 bridgehead atoms. The van der Waals surface area contributed by atoms with Crippen LogP contribution in [0.15, 0.2) is 11.6 Å². The fourth-order valence-corrected chi connectivity index (χ4v) is 1.62. The van der Waals surface area contributed by atoms with Gasteiger partial charge in [-0.25, -0.2) is 0 Å². The third-order valence-corrected chi connectivity index (χ3v) is 2.60. The zero-order valence-electron chi connectivity index (χ0n) is 8.97. The van der Waals surface area contributed by atoms with E-state index in [9.17, 15) is 0 Å². The van der Waals surface area contributed by atoms with Crippen molar-refractivity contribution < 1.29 is 0 Å². The molecule has 1 heterocycles. The third-order valence-electron chi connectivity index (χ3n) is 2.60. The molecule has 0 saturated carbocycles. The molecule has 2 nitrogen and oxygen atoms in total. The Bertz CT molecular complexity index is 163. The Kier molecular flexibility index (Phi) is 5.09. The first-order valence-electron chi connectivity index (χ1n) is 5.41. The summed E-state index contributed by atoms with van der Waals surface area (Å²) in [5, 5.41) is 3.35. The van der Waals surface area contributed by atoms with Crippen molar-refractivity contribution in [2.24, 2.45) is 0 Å². The Morgan fingerprint density at radius 3 is 3.00 bits per heavy atom. The lowest BCUT2D eigenvalue weighted by Gasteiger charge is -2.25. The number of rotatable bonds is 5. The zero-order valence-corrected chi connectivity index (χ0v) is 8.97. The van der Waals surface area contributed by atoms with Crippen molar-refractivity contribution in [3.8, 4) is 0 Å². The molecule has 0 saturated heterocycles. The number of hydrogen-bond acceptors (Lipinski definition) is 2. The highest BCUT2D eigenvalue weighted by atomic mass is 15.1. The van der Waals surface area contributed by atoms with Crippen LogP contribution in [-0.4, -0.2) is 37.6 Å². The monoisotopic (exact) mass is 182 g/mol. The molecule has 0 aromatic heterocycles. The predicted octanol–water partition coefficient (Wildman–Crippen LogP) is 1.64. The van der Waals surface area contributed by atoms with Gasteiger partial charge in [-0.05, 0) is 39.4 Å². The van der Waals surface area contributed by atoms with Crippen molar-refractivity contribution >= 4 is 0 Å². The summed E-state index contributed by atoms with van der Waals surface area (Å²) in [6, 6.07) is 0. The van der Waals surface area contributed by atoms with Crippen molar-refractivity contribution in [3.05, 3.63) is 11.6 Å². The van der Waals surface area contributed by atoms with E-state index in [1.165, 1.54) is 25.9 Å². The third kappa shape index (κ3) is 4.44. The molecule has 13 heavy (non-hydrogen) atoms. The summed E-state index contributed by atoms with van der Waals surface area (Å²) in [5.74, 6) is 0. The zero-order chi connectivity index (χ0) is 9.52. The average molecular weight is 182 g/mol. The smallest absolute Gasteiger partial charge is 0.0165 e. The van der Waals surface area contributed by atoms with E-state index < -0.39 is 0 Å². The van der Waals surface area contributed by atoms with Crippen LogP contribution in [0.5, 0.6) is 0 Å². The van der Waals surface area contributed by atoms with Crippen LogP contribution >= 0.6 is 0 Å². The molecule has 0 amide bonds. The van der Waals surface area contributed by atoms with E-state index in [4.69, 9.17) is 0 Å². The molecule has 2 heteroatoms. The van der Waals surface area contributed by atoms with E-state index in [2.05, 4.69) is 30.1 Å². The molecular weight excluding hydrogens is 160 g/mol. The Labute approximate surface area is 82.0 Å². The maximum atomic E-state index is 3.35. The molecule has 1 aliphatic rings. The minimum absolute atomic E-state index is 1.10. The van der Waals surface area contributed by atoms with Crippen molar-refractivity contribution in [2.75, 3.05) is 32.7 Å². The van der Waals surface area contributed by atoms with Gasteiger partial charge in [-0.15, -0.1) is 0 Å². The lowest BCUT2D eigenvalue weighted by molar-refractivity contribution is 0.289. The van der Waals surface area contributed by atoms with Crippen molar-refractivity contribution in [1.29, 1.82) is 0 Å². The maximum absolute atomic E-state index is 3.35. The van der Waals surface area contributed by atoms with E-state index in [-0.39, 0.29) is 0 Å². The van der Waals surface area contributed by atoms with Crippen LogP contribution < -0.4 is 5.32 Å². The second-order valence-electron chi connectivity index (χ2n) is 3.81. The van der Waals surface area contributed by atoms with Crippen LogP contribution in [0, 0.1) is 0 Å². The van der Waals surface area contributed by atoms with Crippen LogP contribution in [0.2, 0.25) is 0 Å². The molecule has 1 rings (SSSR count). The van der Waals surface area contributed by atoms with Gasteiger partial charge in [-0.1, -0.05) is 18.6 Å². The van der Waals surface area contributed by atoms with Gasteiger partial charge >= 0.3 is 0 Å². The van der Waals surface area contributed by atoms with E-state index in [0.717, 1.165) is 19.6 Å². The Morgan fingerprint density at radius 2 is 2.38 bits per heavy atom. The van der Waals surface area contributed by atoms with Gasteiger partial charge in [0.2, 0.25) is 0 Å². The number of hydrogen-bond donors (Lipinski definition) is 1. The molecule has 0 spiro atoms. The molecule has 0 aromatic rings. The van der Waals surface area contributed by atoms with Gasteiger partial charge in [0.05, 0.1) is 0 Å². The standard InChI is InChI=1S/C11H22N2/c1-3-12-7-4-8-13-9-5-11(2)6-10-13/h5,12H,3-4,6-10H2,1-2H3. The summed E-state index contributed by atoms with van der Waals surface area (Å²) < 4.78 is 0. The summed E-state index contributed by atoms with van der Waals surface area (Å²) in [5.41, 5.74) is 1.56. The van der Waals surface area contributed by atoms with Gasteiger partial charge in [0.1, 0.15) is 0 Å². The molecule has 0 fully saturated rings. The molecule has 0 unspecified atom stereocenters. The summed E-state index contributed by atoms with van der Waals surface area (Å²) in [6.07, 6.45) is 4.90. The molecule has 0 atom stereocenters. The first kappa shape index (κ1) is 10.7. The van der Waals surface area contributed by atoms with Crippen LogP contribution in [0.4, 0.5) is 0 Å². The molecular formula is C11H22N2. The molecule has 1 aliphatic heterocycles. The van der Waals surface area contributed by atoms with E-state index in [1.54, 1.807) is 5.57 Å². The topological polar surface area (TPSA) is 15.3 Å². The van der Waals surface area contributed by atoms with Crippen molar-refractivity contribution in [3.63, 3.8) is 0 Å². The van der Waals surface area contributed by atoms with Crippen LogP contribution in [0.1, 0.15) is 26.7 Å². The van der Waals surface area contributed by atoms with E-state index in [1.807, 2.05) is 0 Å². The summed E-state index contributed by atoms with van der Waals surface area (Å²) in [7, 11) is 0. The number of nitrogens with one attached hydrogen (secondary N) is 1. The van der Waals surface area contributed by atoms with Gasteiger partial charge in [-0.2, -0.15) is 0 Å². The largest absolute Gasteiger partial charge is 0.317 e. The van der Waals surface area contributed by atoms with Crippen LogP contribution in [0.3, 0.4) is 0 Å². The predicted molar refractivity (Wildman–Crippen MR) is 58.0 cm³/mol. The van der Waals surface area contributed by atoms with Gasteiger partial charge in [-0.3, -0.25) is 4.90 Å². The molecule has 0 radical (unpaired) electrons. The summed E-state index contributed by atoms with van der Waals surface area (Å²) in [6.45, 7) is 10.3. The maximum Gasteiger partial charge on any atom is 0.0165 e. The van der Waals surface area contributed by atoms with Gasteiger partial charge in [0.25, 0.3) is 0 Å². The summed E-state index contributed by atoms with van der Waals surface area (Å²) in [4.78, 5) is 2.53. The summed E-state index contributed by atoms with van der Waals surface area (Å²) >= 11 is 0. The molecule has 1 N–H and O–H groups in total. The highest BCUT2D eigenvalue weighted by Gasteiger charge is 2.07. The molecule has 0 aliphatic carbocycles. The van der Waals surface area contributed by atoms with E-state index in [0.29, 0.717) is 0 Å². The Balaban J connectivity index is 2.03. The fourth-order valence-electron chi connectivity index (χ4n) is 1.62. The van der Waals surface area contributed by atoms with Crippen molar-refractivity contribution in [1.82, 2.24) is 10.2 Å². The lowest BCUT2D eigenvalue weighted by atomic mass is 10.1. The average Bonchev–Trinajstić information content (AvgIpc) is 2.15. The SMILES string of the molecule is CCNCCCN1CC=C(C)CC1. The van der Waals surface area contributed by atoms with Gasteiger partial charge in [0, 0.05) is 13.1 Å². The van der Waals surface area contributed by atoms with Gasteiger partial charge in [0.15, 0.2) is 0 Å². The second-order valence-corrected chi connectivity index (χ2v) is 3.81. The normalized spacial score (nSPS) is 18.8. The molecule has 0 aromatic carbocycles. The van der Waals surface area contributed by atoms with Crippen molar-refractivity contribution in [2.45, 2.75) is 26.7 Å². The first-order chi connectivity index (χ1) is 6.33. The first-order valence-corrected chi connectivity index (χ1v) is 5.41. The highest BCUT2D eigenvalue weighted by molar-refractivity contribution is 5.03. The minimum Gasteiger partial charge on any atom is -0.317 e. The van der Waals surface area contributed by atoms with Crippen LogP contribution in [0.25, 0.3) is 0 Å². The Hall–Kier alpha value is -0.340. The van der Waals surface area contributed by atoms with Crippen LogP contribution in [-0.2, 0) is 0 Å². The quantitative estimate of drug-likeness (QED) is 0.513. The van der Waals surface area contributed by atoms with E-state index >= 15 is 0 Å². The second kappa shape index (κ2) is 6.17. The number of nitrogens with zero attached hydrogens (tertiary/aromatic N) is 1. The Morgan fingerprint density at radius 1 is 1.54 bits per heavy atom. The molecule has 76 valence electrons. The lowest BCUT2D eigenvalue weighted by Crippen LogP contribution is -2.31.